The molecule has 0 aliphatic rings. The van der Waals surface area contributed by atoms with Gasteiger partial charge in [-0.05, 0) is 30.3 Å². The maximum absolute atomic E-state index is 13.4. The Hall–Kier alpha value is -5.88. The van der Waals surface area contributed by atoms with Crippen LogP contribution in [0, 0.1) is 20.2 Å². The third-order valence-corrected chi connectivity index (χ3v) is 6.97. The molecule has 0 saturated heterocycles. The molecule has 4 rings (SSSR count). The Kier molecular flexibility index (Phi) is 14.2. The normalized spacial score (nSPS) is 11.5. The van der Waals surface area contributed by atoms with E-state index in [2.05, 4.69) is 14.7 Å². The van der Waals surface area contributed by atoms with Crippen molar-refractivity contribution >= 4 is 33.7 Å². The summed E-state index contributed by atoms with van der Waals surface area (Å²) in [5, 5.41) is 20.6. The number of para-hydroxylation sites is 3. The second-order valence-corrected chi connectivity index (χ2v) is 10.3. The van der Waals surface area contributed by atoms with Gasteiger partial charge in [-0.1, -0.05) is 36.4 Å². The van der Waals surface area contributed by atoms with Crippen LogP contribution < -0.4 is 14.2 Å². The van der Waals surface area contributed by atoms with Gasteiger partial charge in [-0.2, -0.15) is 0 Å². The molecule has 268 valence electrons. The molecule has 0 saturated carbocycles. The van der Waals surface area contributed by atoms with Gasteiger partial charge < -0.3 is 48.0 Å². The number of esters is 1. The molecule has 0 radical (unpaired) electrons. The van der Waals surface area contributed by atoms with E-state index in [4.69, 9.17) is 28.4 Å². The zero-order chi connectivity index (χ0) is 35.7. The first-order valence-electron chi connectivity index (χ1n) is 15.3. The summed E-state index contributed by atoms with van der Waals surface area (Å²) in [5.74, 6) is 0.0564. The molecule has 0 spiro atoms. The molecule has 18 nitrogen and oxygen atoms in total. The Morgan fingerprint density at radius 1 is 0.760 bits per heavy atom. The second-order valence-electron chi connectivity index (χ2n) is 10.3. The van der Waals surface area contributed by atoms with E-state index in [1.165, 1.54) is 12.0 Å². The maximum Gasteiger partial charge on any atom is 0.332 e. The molecule has 3 aromatic carbocycles. The largest absolute Gasteiger partial charge is 0.493 e. The van der Waals surface area contributed by atoms with Gasteiger partial charge in [0.15, 0.2) is 17.6 Å². The summed E-state index contributed by atoms with van der Waals surface area (Å²) in [5.41, 5.74) is 1.72. The number of amides is 1. The van der Waals surface area contributed by atoms with E-state index in [-0.39, 0.29) is 52.7 Å². The topological polar surface area (TPSA) is 213 Å². The molecule has 18 heteroatoms. The van der Waals surface area contributed by atoms with E-state index in [0.29, 0.717) is 17.2 Å². The molecule has 4 aromatic rings. The molecule has 1 aromatic heterocycles. The molecule has 1 atom stereocenters. The van der Waals surface area contributed by atoms with Crippen LogP contribution in [0.1, 0.15) is 0 Å². The Balaban J connectivity index is 1.50. The number of aromatic nitrogens is 1. The number of benzene rings is 3. The first-order chi connectivity index (χ1) is 24.2. The number of aromatic amines is 1. The highest BCUT2D eigenvalue weighted by Crippen LogP contribution is 2.33. The SMILES string of the molecule is COc1ccccc1OCCN(CC(COc1cccc2[nH]c3ccccc3c12)OC(=O)COCCO[N+](=O)[O-])C(=O)COCCO[N+](=O)[O-]. The highest BCUT2D eigenvalue weighted by Gasteiger charge is 2.24. The molecular weight excluding hydrogens is 664 g/mol. The fourth-order valence-electron chi connectivity index (χ4n) is 4.83. The van der Waals surface area contributed by atoms with Crippen LogP contribution >= 0.6 is 0 Å². The molecule has 0 bridgehead atoms. The van der Waals surface area contributed by atoms with Gasteiger partial charge in [-0.3, -0.25) is 4.79 Å². The number of nitrogens with one attached hydrogen (secondary N) is 1. The highest BCUT2D eigenvalue weighted by atomic mass is 17.0. The summed E-state index contributed by atoms with van der Waals surface area (Å²) < 4.78 is 33.5. The van der Waals surface area contributed by atoms with Crippen molar-refractivity contribution in [2.45, 2.75) is 6.10 Å². The van der Waals surface area contributed by atoms with Gasteiger partial charge in [0.1, 0.15) is 45.4 Å². The van der Waals surface area contributed by atoms with Crippen LogP contribution in [0.5, 0.6) is 17.2 Å². The molecule has 50 heavy (non-hydrogen) atoms. The fourth-order valence-corrected chi connectivity index (χ4v) is 4.83. The Morgan fingerprint density at radius 2 is 1.40 bits per heavy atom. The number of carbonyl (C=O) groups excluding carboxylic acids is 2. The smallest absolute Gasteiger partial charge is 0.332 e. The van der Waals surface area contributed by atoms with E-state index in [1.54, 1.807) is 36.4 Å². The third kappa shape index (κ3) is 11.4. The summed E-state index contributed by atoms with van der Waals surface area (Å²) in [7, 11) is 1.49. The van der Waals surface area contributed by atoms with Crippen LogP contribution in [-0.4, -0.2) is 111 Å². The van der Waals surface area contributed by atoms with E-state index < -0.39 is 41.4 Å². The van der Waals surface area contributed by atoms with Gasteiger partial charge in [0, 0.05) is 16.3 Å². The number of carbonyl (C=O) groups is 2. The minimum absolute atomic E-state index is 0.00623. The van der Waals surface area contributed by atoms with Crippen molar-refractivity contribution in [1.82, 2.24) is 9.88 Å². The number of nitrogens with zero attached hydrogens (tertiary/aromatic N) is 3. The number of methoxy groups -OCH3 is 1. The first-order valence-corrected chi connectivity index (χ1v) is 15.3. The lowest BCUT2D eigenvalue weighted by Gasteiger charge is -2.28. The molecule has 0 fully saturated rings. The molecule has 1 unspecified atom stereocenters. The highest BCUT2D eigenvalue weighted by molar-refractivity contribution is 6.10. The summed E-state index contributed by atoms with van der Waals surface area (Å²) in [6, 6.07) is 20.1. The quantitative estimate of drug-likeness (QED) is 0.0510. The summed E-state index contributed by atoms with van der Waals surface area (Å²) in [4.78, 5) is 60.0. The molecular formula is C32H36N4O14. The number of fused-ring (bicyclic) bond motifs is 3. The van der Waals surface area contributed by atoms with E-state index >= 15 is 0 Å². The number of hydrogen-bond donors (Lipinski definition) is 1. The molecule has 1 amide bonds. The first kappa shape index (κ1) is 36.9. The van der Waals surface area contributed by atoms with Crippen molar-refractivity contribution in [2.24, 2.45) is 0 Å². The summed E-state index contributed by atoms with van der Waals surface area (Å²) in [6.45, 7) is -2.62. The van der Waals surface area contributed by atoms with Crippen LogP contribution in [-0.2, 0) is 33.5 Å². The van der Waals surface area contributed by atoms with Crippen LogP contribution in [0.3, 0.4) is 0 Å². The van der Waals surface area contributed by atoms with E-state index in [1.807, 2.05) is 30.3 Å². The van der Waals surface area contributed by atoms with Crippen molar-refractivity contribution in [1.29, 1.82) is 0 Å². The minimum Gasteiger partial charge on any atom is -0.493 e. The number of ether oxygens (including phenoxy) is 6. The molecule has 1 heterocycles. The van der Waals surface area contributed by atoms with Crippen molar-refractivity contribution in [3.8, 4) is 17.2 Å². The summed E-state index contributed by atoms with van der Waals surface area (Å²) >= 11 is 0. The van der Waals surface area contributed by atoms with Gasteiger partial charge in [-0.25, -0.2) is 4.79 Å². The predicted molar refractivity (Wildman–Crippen MR) is 174 cm³/mol. The standard InChI is InChI=1S/C32H36N4O14/c1-43-27-10-4-5-11-28(27)46-14-13-34(30(37)21-44-15-17-48-35(39)40)19-23(50-31(38)22-45-16-18-49-36(41)42)20-47-29-12-6-9-26-32(29)24-7-2-3-8-25(24)33-26/h2-12,23,33H,13-22H2,1H3. The zero-order valence-corrected chi connectivity index (χ0v) is 27.1. The van der Waals surface area contributed by atoms with Gasteiger partial charge in [-0.15, -0.1) is 20.2 Å². The third-order valence-electron chi connectivity index (χ3n) is 6.97. The van der Waals surface area contributed by atoms with Crippen LogP contribution in [0.4, 0.5) is 0 Å². The second kappa shape index (κ2) is 19.2. The predicted octanol–water partition coefficient (Wildman–Crippen LogP) is 2.98. The van der Waals surface area contributed by atoms with Gasteiger partial charge in [0.2, 0.25) is 5.91 Å². The van der Waals surface area contributed by atoms with Crippen LogP contribution in [0.15, 0.2) is 66.7 Å². The Bertz CT molecular complexity index is 1730. The van der Waals surface area contributed by atoms with Crippen molar-refractivity contribution in [3.63, 3.8) is 0 Å². The summed E-state index contributed by atoms with van der Waals surface area (Å²) in [6.07, 6.45) is -1.05. The van der Waals surface area contributed by atoms with Gasteiger partial charge >= 0.3 is 5.97 Å². The van der Waals surface area contributed by atoms with Gasteiger partial charge in [0.05, 0.1) is 38.9 Å². The number of H-pyrrole nitrogens is 1. The number of rotatable bonds is 23. The fraction of sp³-hybridized carbons (Fsp3) is 0.375. The molecule has 0 aliphatic carbocycles. The maximum atomic E-state index is 13.4. The van der Waals surface area contributed by atoms with Crippen LogP contribution in [0.2, 0.25) is 0 Å². The Morgan fingerprint density at radius 3 is 2.12 bits per heavy atom. The van der Waals surface area contributed by atoms with Crippen molar-refractivity contribution in [3.05, 3.63) is 87.0 Å². The molecule has 1 N–H and O–H groups in total. The zero-order valence-electron chi connectivity index (χ0n) is 27.1. The Labute approximate surface area is 284 Å². The lowest BCUT2D eigenvalue weighted by molar-refractivity contribution is -0.758. The average molecular weight is 701 g/mol. The van der Waals surface area contributed by atoms with E-state index in [0.717, 1.165) is 21.8 Å². The minimum atomic E-state index is -1.05. The van der Waals surface area contributed by atoms with Crippen molar-refractivity contribution in [2.75, 3.05) is 73.1 Å². The molecule has 0 aliphatic heterocycles. The van der Waals surface area contributed by atoms with Crippen molar-refractivity contribution < 1.29 is 57.9 Å². The lowest BCUT2D eigenvalue weighted by Crippen LogP contribution is -2.45. The monoisotopic (exact) mass is 700 g/mol. The average Bonchev–Trinajstić information content (AvgIpc) is 3.49. The lowest BCUT2D eigenvalue weighted by atomic mass is 10.1. The number of hydrogen-bond acceptors (Lipinski definition) is 14. The van der Waals surface area contributed by atoms with E-state index in [9.17, 15) is 29.8 Å². The van der Waals surface area contributed by atoms with Gasteiger partial charge in [0.25, 0.3) is 10.2 Å². The van der Waals surface area contributed by atoms with Crippen LogP contribution in [0.25, 0.3) is 21.8 Å².